The first-order valence-corrected chi connectivity index (χ1v) is 8.12. The number of aromatic hydroxyl groups is 1. The van der Waals surface area contributed by atoms with E-state index in [2.05, 4.69) is 4.98 Å². The van der Waals surface area contributed by atoms with Crippen molar-refractivity contribution in [3.8, 4) is 5.75 Å². The molecular formula is C17H27N3O3. The van der Waals surface area contributed by atoms with Crippen molar-refractivity contribution in [1.82, 2.24) is 9.88 Å². The van der Waals surface area contributed by atoms with Crippen LogP contribution < -0.4 is 4.90 Å². The van der Waals surface area contributed by atoms with Gasteiger partial charge in [0.05, 0.1) is 6.04 Å². The van der Waals surface area contributed by atoms with Crippen LogP contribution in [0.4, 0.5) is 10.6 Å². The van der Waals surface area contributed by atoms with E-state index >= 15 is 0 Å². The van der Waals surface area contributed by atoms with Gasteiger partial charge in [-0.15, -0.1) is 0 Å². The average molecular weight is 321 g/mol. The van der Waals surface area contributed by atoms with Gasteiger partial charge in [0.1, 0.15) is 5.60 Å². The number of aromatic nitrogens is 1. The van der Waals surface area contributed by atoms with E-state index in [0.29, 0.717) is 18.9 Å². The highest BCUT2D eigenvalue weighted by atomic mass is 16.6. The molecule has 1 amide bonds. The normalized spacial score (nSPS) is 18.6. The van der Waals surface area contributed by atoms with Gasteiger partial charge in [-0.1, -0.05) is 0 Å². The number of amides is 1. The van der Waals surface area contributed by atoms with Crippen molar-refractivity contribution < 1.29 is 14.6 Å². The molecule has 0 unspecified atom stereocenters. The van der Waals surface area contributed by atoms with Gasteiger partial charge < -0.3 is 19.6 Å². The Hall–Kier alpha value is -1.98. The van der Waals surface area contributed by atoms with Crippen molar-refractivity contribution in [1.29, 1.82) is 0 Å². The molecule has 1 aliphatic heterocycles. The zero-order valence-corrected chi connectivity index (χ0v) is 14.5. The first kappa shape index (κ1) is 17.4. The van der Waals surface area contributed by atoms with Crippen molar-refractivity contribution in [3.63, 3.8) is 0 Å². The summed E-state index contributed by atoms with van der Waals surface area (Å²) < 4.78 is 5.52. The zero-order chi connectivity index (χ0) is 17.0. The third-order valence-corrected chi connectivity index (χ3v) is 3.87. The highest BCUT2D eigenvalue weighted by Gasteiger charge is 2.31. The molecular weight excluding hydrogens is 294 g/mol. The quantitative estimate of drug-likeness (QED) is 0.927. The second-order valence-corrected chi connectivity index (χ2v) is 7.05. The highest BCUT2D eigenvalue weighted by Crippen LogP contribution is 2.26. The van der Waals surface area contributed by atoms with Gasteiger partial charge in [-0.2, -0.15) is 0 Å². The van der Waals surface area contributed by atoms with Crippen molar-refractivity contribution in [2.45, 2.75) is 51.7 Å². The van der Waals surface area contributed by atoms with Crippen LogP contribution in [0.3, 0.4) is 0 Å². The van der Waals surface area contributed by atoms with E-state index in [0.717, 1.165) is 19.3 Å². The van der Waals surface area contributed by atoms with Crippen molar-refractivity contribution in [3.05, 3.63) is 18.3 Å². The predicted molar refractivity (Wildman–Crippen MR) is 89.8 cm³/mol. The molecule has 128 valence electrons. The van der Waals surface area contributed by atoms with Crippen LogP contribution in [0.5, 0.6) is 5.75 Å². The van der Waals surface area contributed by atoms with E-state index in [1.165, 1.54) is 0 Å². The molecule has 0 aromatic carbocycles. The van der Waals surface area contributed by atoms with E-state index in [1.807, 2.05) is 37.6 Å². The number of carbonyl (C=O) groups excluding carboxylic acids is 1. The van der Waals surface area contributed by atoms with E-state index in [-0.39, 0.29) is 17.9 Å². The van der Waals surface area contributed by atoms with Crippen molar-refractivity contribution in [2.75, 3.05) is 25.0 Å². The standard InChI is InChI=1S/C17H27N3O3/c1-17(2,3)23-16(22)20-11-6-5-8-13(20)12-19(4)15-14(21)9-7-10-18-15/h7,9-10,13,21H,5-6,8,11-12H2,1-4H3/t13-/m1/s1. The molecule has 1 atom stereocenters. The van der Waals surface area contributed by atoms with Gasteiger partial charge in [-0.3, -0.25) is 0 Å². The van der Waals surface area contributed by atoms with E-state index < -0.39 is 5.60 Å². The highest BCUT2D eigenvalue weighted by molar-refractivity contribution is 5.69. The molecule has 0 bridgehead atoms. The molecule has 1 aromatic rings. The number of likely N-dealkylation sites (N-methyl/N-ethyl adjacent to an activating group) is 1. The maximum Gasteiger partial charge on any atom is 0.410 e. The van der Waals surface area contributed by atoms with Crippen LogP contribution in [-0.4, -0.2) is 52.9 Å². The zero-order valence-electron chi connectivity index (χ0n) is 14.5. The molecule has 6 heteroatoms. The third-order valence-electron chi connectivity index (χ3n) is 3.87. The van der Waals surface area contributed by atoms with Gasteiger partial charge in [0, 0.05) is 26.3 Å². The Kier molecular flexibility index (Phi) is 5.34. The topological polar surface area (TPSA) is 65.9 Å². The molecule has 23 heavy (non-hydrogen) atoms. The first-order chi connectivity index (χ1) is 10.8. The molecule has 1 saturated heterocycles. The van der Waals surface area contributed by atoms with Crippen LogP contribution in [-0.2, 0) is 4.74 Å². The number of pyridine rings is 1. The van der Waals surface area contributed by atoms with Gasteiger partial charge in [-0.05, 0) is 52.2 Å². The van der Waals surface area contributed by atoms with Gasteiger partial charge in [0.25, 0.3) is 0 Å². The number of piperidine rings is 1. The minimum Gasteiger partial charge on any atom is -0.504 e. The fourth-order valence-electron chi connectivity index (χ4n) is 2.84. The van der Waals surface area contributed by atoms with Crippen LogP contribution in [0.25, 0.3) is 0 Å². The minimum atomic E-state index is -0.496. The smallest absolute Gasteiger partial charge is 0.410 e. The van der Waals surface area contributed by atoms with Crippen LogP contribution in [0.1, 0.15) is 40.0 Å². The van der Waals surface area contributed by atoms with Gasteiger partial charge >= 0.3 is 6.09 Å². The molecule has 6 nitrogen and oxygen atoms in total. The van der Waals surface area contributed by atoms with Gasteiger partial charge in [-0.25, -0.2) is 9.78 Å². The van der Waals surface area contributed by atoms with Crippen LogP contribution in [0.2, 0.25) is 0 Å². The Bertz CT molecular complexity index is 542. The Morgan fingerprint density at radius 1 is 1.48 bits per heavy atom. The Morgan fingerprint density at radius 2 is 2.22 bits per heavy atom. The van der Waals surface area contributed by atoms with Crippen molar-refractivity contribution >= 4 is 11.9 Å². The van der Waals surface area contributed by atoms with Gasteiger partial charge in [0.15, 0.2) is 11.6 Å². The number of hydrogen-bond donors (Lipinski definition) is 1. The number of hydrogen-bond acceptors (Lipinski definition) is 5. The molecule has 1 aliphatic rings. The molecule has 1 fully saturated rings. The summed E-state index contributed by atoms with van der Waals surface area (Å²) in [5, 5.41) is 9.93. The third kappa shape index (κ3) is 4.74. The molecule has 0 radical (unpaired) electrons. The second kappa shape index (κ2) is 7.06. The second-order valence-electron chi connectivity index (χ2n) is 7.05. The van der Waals surface area contributed by atoms with Crippen LogP contribution in [0.15, 0.2) is 18.3 Å². The maximum absolute atomic E-state index is 12.4. The lowest BCUT2D eigenvalue weighted by Gasteiger charge is -2.38. The Labute approximate surface area is 138 Å². The van der Waals surface area contributed by atoms with E-state index in [1.54, 1.807) is 18.3 Å². The molecule has 2 rings (SSSR count). The molecule has 0 spiro atoms. The predicted octanol–water partition coefficient (Wildman–Crippen LogP) is 3.01. The summed E-state index contributed by atoms with van der Waals surface area (Å²) in [6.07, 6.45) is 4.40. The SMILES string of the molecule is CN(C[C@H]1CCCCN1C(=O)OC(C)(C)C)c1ncccc1O. The van der Waals surface area contributed by atoms with Crippen LogP contribution in [0, 0.1) is 0 Å². The average Bonchev–Trinajstić information content (AvgIpc) is 2.46. The molecule has 0 saturated carbocycles. The van der Waals surface area contributed by atoms with Crippen LogP contribution >= 0.6 is 0 Å². The first-order valence-electron chi connectivity index (χ1n) is 8.12. The summed E-state index contributed by atoms with van der Waals surface area (Å²) in [5.41, 5.74) is -0.496. The Balaban J connectivity index is 2.06. The number of nitrogens with zero attached hydrogens (tertiary/aromatic N) is 3. The Morgan fingerprint density at radius 3 is 2.87 bits per heavy atom. The number of carbonyl (C=O) groups is 1. The van der Waals surface area contributed by atoms with Gasteiger partial charge in [0.2, 0.25) is 0 Å². The summed E-state index contributed by atoms with van der Waals surface area (Å²) in [4.78, 5) is 20.3. The lowest BCUT2D eigenvalue weighted by Crippen LogP contribution is -2.50. The minimum absolute atomic E-state index is 0.0602. The van der Waals surface area contributed by atoms with E-state index in [9.17, 15) is 9.90 Å². The molecule has 1 aromatic heterocycles. The number of ether oxygens (including phenoxy) is 1. The molecule has 0 aliphatic carbocycles. The molecule has 1 N–H and O–H groups in total. The summed E-state index contributed by atoms with van der Waals surface area (Å²) in [5.74, 6) is 0.678. The number of anilines is 1. The number of likely N-dealkylation sites (tertiary alicyclic amines) is 1. The summed E-state index contributed by atoms with van der Waals surface area (Å²) in [7, 11) is 1.88. The fourth-order valence-corrected chi connectivity index (χ4v) is 2.84. The lowest BCUT2D eigenvalue weighted by molar-refractivity contribution is 0.0108. The summed E-state index contributed by atoms with van der Waals surface area (Å²) >= 11 is 0. The summed E-state index contributed by atoms with van der Waals surface area (Å²) in [6.45, 7) is 6.96. The monoisotopic (exact) mass is 321 g/mol. The fraction of sp³-hybridized carbons (Fsp3) is 0.647. The summed E-state index contributed by atoms with van der Waals surface area (Å²) in [6, 6.07) is 3.37. The largest absolute Gasteiger partial charge is 0.504 e. The van der Waals surface area contributed by atoms with Crippen molar-refractivity contribution in [2.24, 2.45) is 0 Å². The number of rotatable bonds is 3. The molecule has 2 heterocycles. The maximum atomic E-state index is 12.4. The lowest BCUT2D eigenvalue weighted by atomic mass is 10.0. The van der Waals surface area contributed by atoms with E-state index in [4.69, 9.17) is 4.74 Å².